The Morgan fingerprint density at radius 1 is 1.75 bits per heavy atom. The molecule has 1 rings (SSSR count). The van der Waals surface area contributed by atoms with Crippen LogP contribution in [-0.2, 0) is 9.53 Å². The number of carbonyl (C=O) groups excluding carboxylic acids is 1. The first kappa shape index (κ1) is 7.65. The van der Waals surface area contributed by atoms with Crippen LogP contribution in [0.25, 0.3) is 0 Å². The topological polar surface area (TPSA) is 52.3 Å². The van der Waals surface area contributed by atoms with Crippen LogP contribution < -0.4 is 5.73 Å². The van der Waals surface area contributed by atoms with Crippen LogP contribution in [0.2, 0.25) is 0 Å². The quantitative estimate of drug-likeness (QED) is 0.532. The molecule has 1 atom stereocenters. The van der Waals surface area contributed by atoms with Gasteiger partial charge in [-0.25, -0.2) is 4.79 Å². The fourth-order valence-corrected chi connectivity index (χ4v) is 0.348. The minimum atomic E-state index is -0.528. The van der Waals surface area contributed by atoms with E-state index in [4.69, 9.17) is 5.73 Å². The van der Waals surface area contributed by atoms with Gasteiger partial charge >= 0.3 is 5.97 Å². The van der Waals surface area contributed by atoms with Crippen LogP contribution in [0.5, 0.6) is 0 Å². The van der Waals surface area contributed by atoms with Crippen molar-refractivity contribution in [1.82, 2.24) is 0 Å². The highest BCUT2D eigenvalue weighted by Gasteiger charge is 2.14. The highest BCUT2D eigenvalue weighted by molar-refractivity contribution is 8.93. The Morgan fingerprint density at radius 2 is 2.38 bits per heavy atom. The van der Waals surface area contributed by atoms with Crippen LogP contribution in [-0.4, -0.2) is 12.0 Å². The van der Waals surface area contributed by atoms with Gasteiger partial charge in [-0.15, -0.1) is 17.0 Å². The zero-order valence-electron chi connectivity index (χ0n) is 4.03. The molecule has 0 saturated carbocycles. The van der Waals surface area contributed by atoms with Gasteiger partial charge in [-0.2, -0.15) is 0 Å². The standard InChI is InChI=1S/C4H5NO2.BrH/c5-3-1-2-7-4(3)6;/h1-3H,5H2;1H. The molecule has 3 nitrogen and oxygen atoms in total. The normalized spacial score (nSPS) is 24.6. The lowest BCUT2D eigenvalue weighted by molar-refractivity contribution is -0.136. The highest BCUT2D eigenvalue weighted by Crippen LogP contribution is 1.96. The summed E-state index contributed by atoms with van der Waals surface area (Å²) in [5.41, 5.74) is 5.12. The zero-order chi connectivity index (χ0) is 5.28. The van der Waals surface area contributed by atoms with Crippen molar-refractivity contribution in [2.24, 2.45) is 5.73 Å². The van der Waals surface area contributed by atoms with E-state index in [1.54, 1.807) is 0 Å². The molecule has 0 spiro atoms. The van der Waals surface area contributed by atoms with Gasteiger partial charge in [0, 0.05) is 0 Å². The summed E-state index contributed by atoms with van der Waals surface area (Å²) in [6.07, 6.45) is 2.80. The first-order valence-electron chi connectivity index (χ1n) is 1.93. The average molecular weight is 180 g/mol. The molecule has 0 aromatic rings. The van der Waals surface area contributed by atoms with Gasteiger partial charge in [-0.1, -0.05) is 0 Å². The van der Waals surface area contributed by atoms with E-state index in [1.807, 2.05) is 0 Å². The van der Waals surface area contributed by atoms with Crippen molar-refractivity contribution >= 4 is 23.0 Å². The molecule has 0 amide bonds. The SMILES string of the molecule is Br.NC1C=COC1=O. The number of ether oxygens (including phenoxy) is 1. The summed E-state index contributed by atoms with van der Waals surface area (Å²) in [4.78, 5) is 10.2. The van der Waals surface area contributed by atoms with Crippen LogP contribution in [0.15, 0.2) is 12.3 Å². The van der Waals surface area contributed by atoms with E-state index in [1.165, 1.54) is 12.3 Å². The molecule has 1 heterocycles. The summed E-state index contributed by atoms with van der Waals surface area (Å²) in [6.45, 7) is 0. The van der Waals surface area contributed by atoms with E-state index in [9.17, 15) is 4.79 Å². The molecule has 1 aliphatic heterocycles. The van der Waals surface area contributed by atoms with Crippen molar-refractivity contribution in [2.45, 2.75) is 6.04 Å². The molecule has 0 aromatic heterocycles. The number of hydrogen-bond donors (Lipinski definition) is 1. The Labute approximate surface area is 57.3 Å². The molecule has 1 unspecified atom stereocenters. The van der Waals surface area contributed by atoms with Gasteiger partial charge in [0.2, 0.25) is 0 Å². The highest BCUT2D eigenvalue weighted by atomic mass is 79.9. The minimum Gasteiger partial charge on any atom is -0.433 e. The van der Waals surface area contributed by atoms with Gasteiger partial charge in [-0.3, -0.25) is 0 Å². The predicted molar refractivity (Wildman–Crippen MR) is 33.5 cm³/mol. The maximum atomic E-state index is 10.2. The van der Waals surface area contributed by atoms with Gasteiger partial charge in [0.15, 0.2) is 0 Å². The number of rotatable bonds is 0. The predicted octanol–water partition coefficient (Wildman–Crippen LogP) is -0.0379. The smallest absolute Gasteiger partial charge is 0.331 e. The summed E-state index contributed by atoms with van der Waals surface area (Å²) < 4.78 is 4.32. The maximum Gasteiger partial charge on any atom is 0.331 e. The summed E-state index contributed by atoms with van der Waals surface area (Å²) in [6, 6.07) is -0.528. The van der Waals surface area contributed by atoms with Crippen LogP contribution >= 0.6 is 17.0 Å². The molecule has 0 fully saturated rings. The summed E-state index contributed by atoms with van der Waals surface area (Å²) >= 11 is 0. The first-order chi connectivity index (χ1) is 3.30. The van der Waals surface area contributed by atoms with Crippen molar-refractivity contribution in [3.05, 3.63) is 12.3 Å². The van der Waals surface area contributed by atoms with E-state index >= 15 is 0 Å². The largest absolute Gasteiger partial charge is 0.433 e. The van der Waals surface area contributed by atoms with Crippen LogP contribution in [0.4, 0.5) is 0 Å². The summed E-state index contributed by atoms with van der Waals surface area (Å²) in [5.74, 6) is -0.375. The fourth-order valence-electron chi connectivity index (χ4n) is 0.348. The molecule has 0 saturated heterocycles. The molecule has 2 N–H and O–H groups in total. The molecule has 4 heteroatoms. The Hall–Kier alpha value is -0.350. The monoisotopic (exact) mass is 179 g/mol. The lowest BCUT2D eigenvalue weighted by Crippen LogP contribution is -2.24. The third-order valence-corrected chi connectivity index (χ3v) is 0.742. The lowest BCUT2D eigenvalue weighted by Gasteiger charge is -1.89. The molecular weight excluding hydrogens is 174 g/mol. The number of cyclic esters (lactones) is 1. The zero-order valence-corrected chi connectivity index (χ0v) is 5.75. The van der Waals surface area contributed by atoms with Crippen molar-refractivity contribution in [3.63, 3.8) is 0 Å². The first-order valence-corrected chi connectivity index (χ1v) is 1.93. The van der Waals surface area contributed by atoms with Crippen LogP contribution in [0.3, 0.4) is 0 Å². The van der Waals surface area contributed by atoms with E-state index < -0.39 is 6.04 Å². The van der Waals surface area contributed by atoms with Crippen molar-refractivity contribution in [3.8, 4) is 0 Å². The van der Waals surface area contributed by atoms with Crippen molar-refractivity contribution < 1.29 is 9.53 Å². The van der Waals surface area contributed by atoms with Gasteiger partial charge in [0.05, 0.1) is 6.26 Å². The number of halogens is 1. The second-order valence-electron chi connectivity index (χ2n) is 1.29. The molecule has 0 aromatic carbocycles. The Bertz CT molecular complexity index is 123. The fraction of sp³-hybridized carbons (Fsp3) is 0.250. The van der Waals surface area contributed by atoms with E-state index in [2.05, 4.69) is 4.74 Å². The Balaban J connectivity index is 0.000000490. The van der Waals surface area contributed by atoms with E-state index in [-0.39, 0.29) is 23.0 Å². The summed E-state index contributed by atoms with van der Waals surface area (Å²) in [7, 11) is 0. The lowest BCUT2D eigenvalue weighted by atomic mass is 10.3. The van der Waals surface area contributed by atoms with E-state index in [0.717, 1.165) is 0 Å². The molecule has 46 valence electrons. The average Bonchev–Trinajstić information content (AvgIpc) is 1.91. The number of hydrogen-bond acceptors (Lipinski definition) is 3. The molecular formula is C4H6BrNO2. The van der Waals surface area contributed by atoms with Crippen LogP contribution in [0, 0.1) is 0 Å². The maximum absolute atomic E-state index is 10.2. The molecule has 0 radical (unpaired) electrons. The van der Waals surface area contributed by atoms with Crippen molar-refractivity contribution in [2.75, 3.05) is 0 Å². The second-order valence-corrected chi connectivity index (χ2v) is 1.29. The number of nitrogens with two attached hydrogens (primary N) is 1. The van der Waals surface area contributed by atoms with Crippen molar-refractivity contribution in [1.29, 1.82) is 0 Å². The second kappa shape index (κ2) is 2.84. The molecule has 8 heavy (non-hydrogen) atoms. The van der Waals surface area contributed by atoms with Gasteiger partial charge in [0.1, 0.15) is 6.04 Å². The van der Waals surface area contributed by atoms with Gasteiger partial charge in [-0.05, 0) is 6.08 Å². The third-order valence-electron chi connectivity index (χ3n) is 0.742. The molecule has 0 aliphatic carbocycles. The van der Waals surface area contributed by atoms with E-state index in [0.29, 0.717) is 0 Å². The van der Waals surface area contributed by atoms with Gasteiger partial charge in [0.25, 0.3) is 0 Å². The third kappa shape index (κ3) is 1.31. The Morgan fingerprint density at radius 3 is 2.50 bits per heavy atom. The number of esters is 1. The van der Waals surface area contributed by atoms with Gasteiger partial charge < -0.3 is 10.5 Å². The van der Waals surface area contributed by atoms with Crippen LogP contribution in [0.1, 0.15) is 0 Å². The number of carbonyl (C=O) groups is 1. The summed E-state index contributed by atoms with van der Waals surface area (Å²) in [5, 5.41) is 0. The molecule has 1 aliphatic rings. The minimum absolute atomic E-state index is 0. The molecule has 0 bridgehead atoms. The Kier molecular flexibility index (Phi) is 2.71.